The fraction of sp³-hybridized carbons (Fsp3) is 0.292. The van der Waals surface area contributed by atoms with Crippen molar-refractivity contribution in [3.63, 3.8) is 0 Å². The average Bonchev–Trinajstić information content (AvgIpc) is 3.13. The van der Waals surface area contributed by atoms with Gasteiger partial charge >= 0.3 is 0 Å². The number of aryl methyl sites for hydroxylation is 2. The van der Waals surface area contributed by atoms with E-state index in [-0.39, 0.29) is 21.2 Å². The van der Waals surface area contributed by atoms with Gasteiger partial charge in [-0.2, -0.15) is 0 Å². The normalized spacial score (nSPS) is 13.0. The number of halogens is 4. The summed E-state index contributed by atoms with van der Waals surface area (Å²) < 4.78 is 79.7. The fourth-order valence-corrected chi connectivity index (χ4v) is 9.35. The van der Waals surface area contributed by atoms with Crippen LogP contribution in [0.5, 0.6) is 11.5 Å². The summed E-state index contributed by atoms with van der Waals surface area (Å²) in [5.74, 6) is -4.51. The van der Waals surface area contributed by atoms with E-state index >= 15 is 17.6 Å². The highest BCUT2D eigenvalue weighted by molar-refractivity contribution is 6.75. The van der Waals surface area contributed by atoms with Crippen LogP contribution >= 0.6 is 0 Å². The van der Waals surface area contributed by atoms with Gasteiger partial charge in [0.25, 0.3) is 16.6 Å². The number of hydrogen-bond acceptors (Lipinski definition) is 2. The van der Waals surface area contributed by atoms with E-state index in [1.165, 1.54) is 12.1 Å². The second-order valence-electron chi connectivity index (χ2n) is 18.3. The molecule has 0 amide bonds. The standard InChI is InChI=1S/C48H50F4O2Si2/c1-27-31-17-13-14-18-32(31)35-24-22-30(26-38(35)46(27)54-56(11,12)48(6,7)8)40-43(51)41(49)39(42(50)44(40)52)29-21-23-34-33-19-15-16-20-36(33)45(28(2)37(34)25-29)53-55(9,10)47(3,4)5/h13-26H,1-12H3. The number of rotatable bonds is 6. The highest BCUT2D eigenvalue weighted by Crippen LogP contribution is 2.47. The van der Waals surface area contributed by atoms with Crippen molar-refractivity contribution in [2.24, 2.45) is 0 Å². The van der Waals surface area contributed by atoms with Crippen molar-refractivity contribution in [3.05, 3.63) is 119 Å². The van der Waals surface area contributed by atoms with Crippen LogP contribution in [0.25, 0.3) is 65.3 Å². The Morgan fingerprint density at radius 3 is 1.18 bits per heavy atom. The topological polar surface area (TPSA) is 18.5 Å². The lowest BCUT2D eigenvalue weighted by Crippen LogP contribution is -2.44. The van der Waals surface area contributed by atoms with Gasteiger partial charge in [0, 0.05) is 10.8 Å². The van der Waals surface area contributed by atoms with Gasteiger partial charge in [-0.3, -0.25) is 0 Å². The molecule has 0 radical (unpaired) electrons. The average molecular weight is 791 g/mol. The predicted molar refractivity (Wildman–Crippen MR) is 232 cm³/mol. The molecule has 0 aliphatic carbocycles. The minimum atomic E-state index is -2.40. The van der Waals surface area contributed by atoms with E-state index in [1.807, 2.05) is 62.4 Å². The van der Waals surface area contributed by atoms with Crippen molar-refractivity contribution in [3.8, 4) is 33.8 Å². The van der Waals surface area contributed by atoms with Crippen LogP contribution in [0.1, 0.15) is 52.7 Å². The van der Waals surface area contributed by atoms with Gasteiger partial charge in [-0.15, -0.1) is 0 Å². The molecule has 0 aromatic heterocycles. The van der Waals surface area contributed by atoms with E-state index in [0.29, 0.717) is 22.3 Å². The number of benzene rings is 7. The summed E-state index contributed by atoms with van der Waals surface area (Å²) in [5, 5.41) is 6.54. The maximum atomic E-state index is 16.5. The van der Waals surface area contributed by atoms with E-state index < -0.39 is 51.0 Å². The molecule has 290 valence electrons. The molecule has 0 fully saturated rings. The van der Waals surface area contributed by atoms with Crippen LogP contribution in [0.15, 0.2) is 84.9 Å². The van der Waals surface area contributed by atoms with Gasteiger partial charge in [0.1, 0.15) is 11.5 Å². The van der Waals surface area contributed by atoms with E-state index in [9.17, 15) is 0 Å². The molecule has 0 spiro atoms. The Bertz CT molecular complexity index is 2710. The Morgan fingerprint density at radius 2 is 0.732 bits per heavy atom. The molecule has 0 bridgehead atoms. The quantitative estimate of drug-likeness (QED) is 0.0723. The molecule has 0 heterocycles. The Balaban J connectivity index is 1.42. The third kappa shape index (κ3) is 6.29. The highest BCUT2D eigenvalue weighted by atomic mass is 28.4. The molecular weight excluding hydrogens is 741 g/mol. The van der Waals surface area contributed by atoms with Crippen LogP contribution in [-0.4, -0.2) is 16.6 Å². The van der Waals surface area contributed by atoms with E-state index in [4.69, 9.17) is 8.85 Å². The second kappa shape index (κ2) is 13.5. The summed E-state index contributed by atoms with van der Waals surface area (Å²) in [6, 6.07) is 25.6. The molecule has 0 aliphatic heterocycles. The molecule has 8 heteroatoms. The summed E-state index contributed by atoms with van der Waals surface area (Å²) in [4.78, 5) is 0. The van der Waals surface area contributed by atoms with E-state index in [1.54, 1.807) is 24.3 Å². The predicted octanol–water partition coefficient (Wildman–Crippen LogP) is 15.6. The summed E-state index contributed by atoms with van der Waals surface area (Å²) in [6.45, 7) is 25.4. The first-order chi connectivity index (χ1) is 26.1. The number of fused-ring (bicyclic) bond motifs is 6. The van der Waals surface area contributed by atoms with Gasteiger partial charge in [0.05, 0.1) is 11.1 Å². The zero-order valence-corrected chi connectivity index (χ0v) is 36.4. The zero-order chi connectivity index (χ0) is 40.9. The highest BCUT2D eigenvalue weighted by Gasteiger charge is 2.41. The molecule has 7 aromatic rings. The van der Waals surface area contributed by atoms with Crippen molar-refractivity contribution in [2.75, 3.05) is 0 Å². The van der Waals surface area contributed by atoms with E-state index in [2.05, 4.69) is 67.7 Å². The van der Waals surface area contributed by atoms with Crippen LogP contribution < -0.4 is 8.85 Å². The molecule has 0 saturated carbocycles. The maximum absolute atomic E-state index is 16.5. The second-order valence-corrected chi connectivity index (χ2v) is 27.7. The SMILES string of the molecule is Cc1c(O[Si](C)(C)C(C)(C)C)c2ccccc2c2ccc(-c3c(F)c(F)c(-c4ccc5c(c4)c(O[Si](C)(C)C(C)(C)C)c(C)c4ccccc45)c(F)c3F)cc12. The van der Waals surface area contributed by atoms with Crippen LogP contribution in [0, 0.1) is 37.1 Å². The third-order valence-electron chi connectivity index (χ3n) is 12.6. The van der Waals surface area contributed by atoms with Crippen molar-refractivity contribution in [2.45, 2.75) is 91.7 Å². The van der Waals surface area contributed by atoms with Crippen LogP contribution in [0.4, 0.5) is 17.6 Å². The van der Waals surface area contributed by atoms with Gasteiger partial charge in [-0.25, -0.2) is 17.6 Å². The Labute approximate surface area is 329 Å². The fourth-order valence-electron chi connectivity index (χ4n) is 7.20. The monoisotopic (exact) mass is 790 g/mol. The zero-order valence-electron chi connectivity index (χ0n) is 34.4. The molecule has 0 unspecified atom stereocenters. The van der Waals surface area contributed by atoms with Crippen LogP contribution in [-0.2, 0) is 0 Å². The van der Waals surface area contributed by atoms with Crippen molar-refractivity contribution < 1.29 is 26.4 Å². The minimum absolute atomic E-state index is 0.0138. The Kier molecular flexibility index (Phi) is 9.52. The molecule has 0 N–H and O–H groups in total. The number of hydrogen-bond donors (Lipinski definition) is 0. The van der Waals surface area contributed by atoms with E-state index in [0.717, 1.165) is 43.4 Å². The molecule has 0 atom stereocenters. The first kappa shape index (κ1) is 39.6. The summed E-state index contributed by atoms with van der Waals surface area (Å²) >= 11 is 0. The molecular formula is C48H50F4O2Si2. The van der Waals surface area contributed by atoms with Gasteiger partial charge in [0.2, 0.25) is 0 Å². The van der Waals surface area contributed by atoms with Crippen molar-refractivity contribution in [1.29, 1.82) is 0 Å². The van der Waals surface area contributed by atoms with Gasteiger partial charge in [-0.05, 0) is 117 Å². The molecule has 0 aliphatic rings. The molecule has 2 nitrogen and oxygen atoms in total. The third-order valence-corrected chi connectivity index (χ3v) is 21.3. The summed E-state index contributed by atoms with van der Waals surface area (Å²) in [6.07, 6.45) is 0. The molecule has 7 rings (SSSR count). The van der Waals surface area contributed by atoms with Crippen LogP contribution in [0.3, 0.4) is 0 Å². The summed E-state index contributed by atoms with van der Waals surface area (Å²) in [7, 11) is -4.71. The first-order valence-corrected chi connectivity index (χ1v) is 25.0. The molecule has 0 saturated heterocycles. The smallest absolute Gasteiger partial charge is 0.250 e. The Morgan fingerprint density at radius 1 is 0.411 bits per heavy atom. The van der Waals surface area contributed by atoms with Gasteiger partial charge in [-0.1, -0.05) is 114 Å². The largest absolute Gasteiger partial charge is 0.543 e. The molecule has 56 heavy (non-hydrogen) atoms. The van der Waals surface area contributed by atoms with Crippen LogP contribution in [0.2, 0.25) is 36.3 Å². The Hall–Kier alpha value is -4.67. The summed E-state index contributed by atoms with van der Waals surface area (Å²) in [5.41, 5.74) is 0.205. The van der Waals surface area contributed by atoms with Crippen molar-refractivity contribution in [1.82, 2.24) is 0 Å². The first-order valence-electron chi connectivity index (χ1n) is 19.2. The lowest BCUT2D eigenvalue weighted by atomic mass is 9.91. The minimum Gasteiger partial charge on any atom is -0.543 e. The lowest BCUT2D eigenvalue weighted by Gasteiger charge is -2.37. The van der Waals surface area contributed by atoms with Crippen molar-refractivity contribution >= 4 is 59.7 Å². The van der Waals surface area contributed by atoms with Gasteiger partial charge in [0.15, 0.2) is 23.3 Å². The lowest BCUT2D eigenvalue weighted by molar-refractivity contribution is 0.463. The molecule has 7 aromatic carbocycles. The van der Waals surface area contributed by atoms with Gasteiger partial charge < -0.3 is 8.85 Å². The maximum Gasteiger partial charge on any atom is 0.250 e.